The molecule has 8 nitrogen and oxygen atoms in total. The SMILES string of the molecule is Cc1ccnc(C(C)C)c1Nc1c(C(=O)On2nnc3cccnc32)cc(Cl)c(Br)c1F. The molecule has 1 N–H and O–H groups in total. The van der Waals surface area contributed by atoms with Gasteiger partial charge in [0, 0.05) is 12.4 Å². The van der Waals surface area contributed by atoms with Crippen LogP contribution in [0.2, 0.25) is 5.02 Å². The summed E-state index contributed by atoms with van der Waals surface area (Å²) in [5.41, 5.74) is 2.59. The number of nitrogens with zero attached hydrogens (tertiary/aromatic N) is 5. The Hall–Kier alpha value is -3.11. The van der Waals surface area contributed by atoms with E-state index in [1.807, 2.05) is 20.8 Å². The van der Waals surface area contributed by atoms with E-state index in [2.05, 4.69) is 41.5 Å². The summed E-state index contributed by atoms with van der Waals surface area (Å²) in [6.45, 7) is 5.81. The fourth-order valence-corrected chi connectivity index (χ4v) is 3.62. The van der Waals surface area contributed by atoms with Crippen LogP contribution in [0.4, 0.5) is 15.8 Å². The second kappa shape index (κ2) is 8.79. The maximum absolute atomic E-state index is 15.3. The summed E-state index contributed by atoms with van der Waals surface area (Å²) in [5, 5.41) is 10.7. The van der Waals surface area contributed by atoms with E-state index in [-0.39, 0.29) is 32.3 Å². The Kier molecular flexibility index (Phi) is 6.07. The van der Waals surface area contributed by atoms with Crippen molar-refractivity contribution >= 4 is 56.0 Å². The van der Waals surface area contributed by atoms with Crippen molar-refractivity contribution in [3.63, 3.8) is 0 Å². The van der Waals surface area contributed by atoms with Crippen LogP contribution in [0.3, 0.4) is 0 Å². The highest BCUT2D eigenvalue weighted by Gasteiger charge is 2.25. The Labute approximate surface area is 195 Å². The van der Waals surface area contributed by atoms with Gasteiger partial charge < -0.3 is 10.2 Å². The Morgan fingerprint density at radius 2 is 2.03 bits per heavy atom. The Morgan fingerprint density at radius 3 is 2.78 bits per heavy atom. The fraction of sp³-hybridized carbons (Fsp3) is 0.190. The van der Waals surface area contributed by atoms with Crippen molar-refractivity contribution in [2.45, 2.75) is 26.7 Å². The number of aromatic nitrogens is 5. The van der Waals surface area contributed by atoms with Crippen LogP contribution in [0.5, 0.6) is 0 Å². The minimum Gasteiger partial charge on any atom is -0.351 e. The summed E-state index contributed by atoms with van der Waals surface area (Å²) in [6, 6.07) is 6.45. The number of fused-ring (bicyclic) bond motifs is 1. The Bertz CT molecular complexity index is 1340. The third kappa shape index (κ3) is 4.03. The molecule has 164 valence electrons. The first-order chi connectivity index (χ1) is 15.3. The van der Waals surface area contributed by atoms with Crippen LogP contribution in [0, 0.1) is 12.7 Å². The van der Waals surface area contributed by atoms with E-state index in [0.29, 0.717) is 11.2 Å². The average Bonchev–Trinajstić information content (AvgIpc) is 3.17. The zero-order chi connectivity index (χ0) is 23.0. The second-order valence-electron chi connectivity index (χ2n) is 7.26. The van der Waals surface area contributed by atoms with Crippen LogP contribution >= 0.6 is 27.5 Å². The molecule has 0 unspecified atom stereocenters. The molecule has 0 atom stereocenters. The highest BCUT2D eigenvalue weighted by atomic mass is 79.9. The number of rotatable bonds is 5. The van der Waals surface area contributed by atoms with Gasteiger partial charge in [-0.25, -0.2) is 14.2 Å². The van der Waals surface area contributed by atoms with Crippen molar-refractivity contribution in [3.8, 4) is 0 Å². The van der Waals surface area contributed by atoms with E-state index in [1.54, 1.807) is 24.4 Å². The molecule has 3 heterocycles. The predicted octanol–water partition coefficient (Wildman–Crippen LogP) is 5.22. The van der Waals surface area contributed by atoms with E-state index in [0.717, 1.165) is 16.1 Å². The van der Waals surface area contributed by atoms with Gasteiger partial charge in [-0.05, 0) is 68.7 Å². The van der Waals surface area contributed by atoms with E-state index in [9.17, 15) is 4.79 Å². The lowest BCUT2D eigenvalue weighted by Gasteiger charge is -2.19. The summed E-state index contributed by atoms with van der Waals surface area (Å²) in [7, 11) is 0. The van der Waals surface area contributed by atoms with Crippen LogP contribution in [0.1, 0.15) is 41.4 Å². The third-order valence-electron chi connectivity index (χ3n) is 4.72. The second-order valence-corrected chi connectivity index (χ2v) is 8.46. The first kappa shape index (κ1) is 22.1. The number of halogens is 3. The largest absolute Gasteiger partial charge is 0.368 e. The van der Waals surface area contributed by atoms with E-state index >= 15 is 4.39 Å². The quantitative estimate of drug-likeness (QED) is 0.285. The molecule has 32 heavy (non-hydrogen) atoms. The van der Waals surface area contributed by atoms with Crippen LogP contribution in [-0.4, -0.2) is 31.1 Å². The van der Waals surface area contributed by atoms with Gasteiger partial charge in [0.05, 0.1) is 32.1 Å². The normalized spacial score (nSPS) is 11.2. The van der Waals surface area contributed by atoms with Gasteiger partial charge in [-0.2, -0.15) is 0 Å². The van der Waals surface area contributed by atoms with Gasteiger partial charge in [0.15, 0.2) is 5.82 Å². The molecule has 0 aliphatic carbocycles. The number of carbonyl (C=O) groups excluding carboxylic acids is 1. The number of nitrogens with one attached hydrogen (secondary N) is 1. The Morgan fingerprint density at radius 1 is 1.25 bits per heavy atom. The molecule has 11 heteroatoms. The lowest BCUT2D eigenvalue weighted by atomic mass is 10.0. The number of anilines is 2. The van der Waals surface area contributed by atoms with Gasteiger partial charge in [0.2, 0.25) is 5.65 Å². The molecule has 0 amide bonds. The maximum atomic E-state index is 15.3. The van der Waals surface area contributed by atoms with Gasteiger partial charge in [-0.1, -0.05) is 25.4 Å². The number of benzene rings is 1. The Balaban J connectivity index is 1.79. The fourth-order valence-electron chi connectivity index (χ4n) is 3.12. The molecule has 4 rings (SSSR count). The average molecular weight is 520 g/mol. The summed E-state index contributed by atoms with van der Waals surface area (Å²) in [4.78, 5) is 27.8. The lowest BCUT2D eigenvalue weighted by molar-refractivity contribution is 0.0406. The molecule has 0 radical (unpaired) electrons. The lowest BCUT2D eigenvalue weighted by Crippen LogP contribution is -2.23. The number of hydrogen-bond donors (Lipinski definition) is 1. The van der Waals surface area contributed by atoms with E-state index in [4.69, 9.17) is 16.4 Å². The van der Waals surface area contributed by atoms with Crippen molar-refractivity contribution in [2.24, 2.45) is 0 Å². The predicted molar refractivity (Wildman–Crippen MR) is 122 cm³/mol. The zero-order valence-corrected chi connectivity index (χ0v) is 19.6. The minimum atomic E-state index is -0.897. The summed E-state index contributed by atoms with van der Waals surface area (Å²) < 4.78 is 15.3. The van der Waals surface area contributed by atoms with Crippen molar-refractivity contribution in [1.29, 1.82) is 0 Å². The number of hydrogen-bond acceptors (Lipinski definition) is 7. The molecule has 3 aromatic heterocycles. The highest BCUT2D eigenvalue weighted by Crippen LogP contribution is 2.37. The van der Waals surface area contributed by atoms with Gasteiger partial charge >= 0.3 is 5.97 Å². The zero-order valence-electron chi connectivity index (χ0n) is 17.2. The van der Waals surface area contributed by atoms with Gasteiger partial charge in [0.25, 0.3) is 0 Å². The molecular formula is C21H17BrClFN6O2. The maximum Gasteiger partial charge on any atom is 0.368 e. The van der Waals surface area contributed by atoms with Crippen molar-refractivity contribution in [1.82, 2.24) is 25.1 Å². The molecule has 1 aromatic carbocycles. The van der Waals surface area contributed by atoms with Crippen LogP contribution in [0.15, 0.2) is 41.1 Å². The third-order valence-corrected chi connectivity index (χ3v) is 6.02. The molecule has 0 bridgehead atoms. The van der Waals surface area contributed by atoms with E-state index < -0.39 is 11.8 Å². The first-order valence-electron chi connectivity index (χ1n) is 9.57. The molecule has 0 saturated heterocycles. The van der Waals surface area contributed by atoms with E-state index in [1.165, 1.54) is 12.3 Å². The van der Waals surface area contributed by atoms with Gasteiger partial charge in [0.1, 0.15) is 5.52 Å². The number of carbonyl (C=O) groups is 1. The van der Waals surface area contributed by atoms with Crippen molar-refractivity contribution < 1.29 is 14.0 Å². The van der Waals surface area contributed by atoms with Crippen LogP contribution in [-0.2, 0) is 0 Å². The van der Waals surface area contributed by atoms with Crippen LogP contribution < -0.4 is 10.2 Å². The van der Waals surface area contributed by atoms with Gasteiger partial charge in [-0.3, -0.25) is 4.98 Å². The van der Waals surface area contributed by atoms with Gasteiger partial charge in [-0.15, -0.1) is 5.10 Å². The first-order valence-corrected chi connectivity index (χ1v) is 10.7. The molecule has 0 fully saturated rings. The van der Waals surface area contributed by atoms with Crippen molar-refractivity contribution in [3.05, 3.63) is 68.8 Å². The molecule has 0 spiro atoms. The number of aryl methyl sites for hydroxylation is 1. The minimum absolute atomic E-state index is 0.00793. The molecule has 0 aliphatic rings. The van der Waals surface area contributed by atoms with Crippen molar-refractivity contribution in [2.75, 3.05) is 5.32 Å². The summed E-state index contributed by atoms with van der Waals surface area (Å²) in [6.07, 6.45) is 3.19. The highest BCUT2D eigenvalue weighted by molar-refractivity contribution is 9.10. The molecule has 0 aliphatic heterocycles. The summed E-state index contributed by atoms with van der Waals surface area (Å²) >= 11 is 9.28. The molecule has 4 aromatic rings. The summed E-state index contributed by atoms with van der Waals surface area (Å²) in [5.74, 6) is -1.59. The molecular weight excluding hydrogens is 503 g/mol. The smallest absolute Gasteiger partial charge is 0.351 e. The monoisotopic (exact) mass is 518 g/mol. The number of pyridine rings is 2. The van der Waals surface area contributed by atoms with Crippen LogP contribution in [0.25, 0.3) is 11.2 Å². The standard InChI is InChI=1S/C21H17BrClFN6O2/c1-10(2)17-18(11(3)6-8-25-17)27-19-12(9-13(23)15(22)16(19)24)21(31)32-30-20-14(28-29-30)5-4-7-26-20/h4-10,27H,1-3H3. The topological polar surface area (TPSA) is 94.8 Å². The molecule has 0 saturated carbocycles.